The number of carbonyl (C=O) groups excluding carboxylic acids is 1. The van der Waals surface area contributed by atoms with Gasteiger partial charge in [0.1, 0.15) is 5.82 Å². The van der Waals surface area contributed by atoms with Gasteiger partial charge < -0.3 is 10.1 Å². The third-order valence-electron chi connectivity index (χ3n) is 2.15. The third-order valence-corrected chi connectivity index (χ3v) is 4.08. The number of nitrogens with one attached hydrogen (secondary N) is 1. The zero-order valence-electron chi connectivity index (χ0n) is 9.51. The highest BCUT2D eigenvalue weighted by molar-refractivity contribution is 9.10. The number of hydrogen-bond donors (Lipinski definition) is 1. The number of thiophene rings is 1. The highest BCUT2D eigenvalue weighted by Crippen LogP contribution is 2.23. The van der Waals surface area contributed by atoms with E-state index in [1.165, 1.54) is 13.3 Å². The molecule has 0 bridgehead atoms. The minimum Gasteiger partial charge on any atom is -0.464 e. The van der Waals surface area contributed by atoms with Gasteiger partial charge in [-0.2, -0.15) is 0 Å². The van der Waals surface area contributed by atoms with Crippen LogP contribution in [0.15, 0.2) is 28.3 Å². The molecule has 94 valence electrons. The molecule has 2 aromatic heterocycles. The molecule has 0 saturated heterocycles. The lowest BCUT2D eigenvalue weighted by Crippen LogP contribution is -2.08. The van der Waals surface area contributed by atoms with Gasteiger partial charge in [-0.25, -0.2) is 9.78 Å². The second kappa shape index (κ2) is 5.92. The number of anilines is 1. The summed E-state index contributed by atoms with van der Waals surface area (Å²) in [5.41, 5.74) is 0.188. The number of ether oxygens (including phenoxy) is 1. The molecule has 0 aliphatic heterocycles. The lowest BCUT2D eigenvalue weighted by Gasteiger charge is -2.05. The zero-order valence-corrected chi connectivity index (χ0v) is 11.9. The molecule has 0 amide bonds. The molecule has 0 radical (unpaired) electrons. The fraction of sp³-hybridized carbons (Fsp3) is 0.182. The Labute approximate surface area is 116 Å². The van der Waals surface area contributed by atoms with E-state index in [4.69, 9.17) is 0 Å². The van der Waals surface area contributed by atoms with E-state index in [1.807, 2.05) is 11.4 Å². The minimum atomic E-state index is -0.497. The van der Waals surface area contributed by atoms with Gasteiger partial charge in [0, 0.05) is 9.35 Å². The van der Waals surface area contributed by atoms with Crippen LogP contribution < -0.4 is 5.32 Å². The van der Waals surface area contributed by atoms with Crippen LogP contribution in [0.1, 0.15) is 15.4 Å². The molecular formula is C11H10BrN3O2S. The first-order valence-corrected chi connectivity index (χ1v) is 6.74. The van der Waals surface area contributed by atoms with Gasteiger partial charge in [0.05, 0.1) is 26.0 Å². The van der Waals surface area contributed by atoms with Gasteiger partial charge in [0.2, 0.25) is 0 Å². The van der Waals surface area contributed by atoms with Gasteiger partial charge >= 0.3 is 5.97 Å². The predicted octanol–water partition coefficient (Wildman–Crippen LogP) is 2.70. The number of rotatable bonds is 4. The molecular weight excluding hydrogens is 318 g/mol. The number of hydrogen-bond acceptors (Lipinski definition) is 6. The molecule has 2 rings (SSSR count). The van der Waals surface area contributed by atoms with Crippen molar-refractivity contribution in [3.05, 3.63) is 38.9 Å². The Hall–Kier alpha value is -1.47. The van der Waals surface area contributed by atoms with E-state index in [1.54, 1.807) is 17.5 Å². The molecule has 0 saturated carbocycles. The van der Waals surface area contributed by atoms with Gasteiger partial charge in [-0.05, 0) is 27.4 Å². The Morgan fingerprint density at radius 1 is 1.56 bits per heavy atom. The van der Waals surface area contributed by atoms with E-state index in [0.717, 1.165) is 9.35 Å². The Morgan fingerprint density at radius 3 is 3.06 bits per heavy atom. The highest BCUT2D eigenvalue weighted by Gasteiger charge is 2.08. The molecule has 2 aromatic rings. The summed E-state index contributed by atoms with van der Waals surface area (Å²) in [5.74, 6) is 0.0432. The van der Waals surface area contributed by atoms with Crippen molar-refractivity contribution in [1.29, 1.82) is 0 Å². The van der Waals surface area contributed by atoms with Crippen molar-refractivity contribution < 1.29 is 9.53 Å². The van der Waals surface area contributed by atoms with E-state index >= 15 is 0 Å². The number of aromatic nitrogens is 2. The third kappa shape index (κ3) is 3.05. The van der Waals surface area contributed by atoms with Gasteiger partial charge in [-0.3, -0.25) is 4.98 Å². The van der Waals surface area contributed by atoms with Crippen molar-refractivity contribution in [3.8, 4) is 0 Å². The fourth-order valence-corrected chi connectivity index (χ4v) is 2.71. The Morgan fingerprint density at radius 2 is 2.39 bits per heavy atom. The lowest BCUT2D eigenvalue weighted by molar-refractivity contribution is 0.0593. The number of halogens is 1. The Kier molecular flexibility index (Phi) is 4.27. The molecule has 0 aromatic carbocycles. The van der Waals surface area contributed by atoms with Crippen LogP contribution in [0.25, 0.3) is 0 Å². The Balaban J connectivity index is 2.06. The first kappa shape index (κ1) is 13.0. The summed E-state index contributed by atoms with van der Waals surface area (Å²) in [4.78, 5) is 20.5. The molecule has 7 heteroatoms. The standard InChI is InChI=1S/C11H10BrN3O2S/c1-17-11(16)8-4-13-6-10(15-8)14-5-9-7(12)2-3-18-9/h2-4,6H,5H2,1H3,(H,14,15). The summed E-state index contributed by atoms with van der Waals surface area (Å²) in [6.45, 7) is 0.623. The quantitative estimate of drug-likeness (QED) is 0.875. The second-order valence-electron chi connectivity index (χ2n) is 3.33. The molecule has 2 heterocycles. The van der Waals surface area contributed by atoms with E-state index in [9.17, 15) is 4.79 Å². The molecule has 0 atom stereocenters. The van der Waals surface area contributed by atoms with Crippen LogP contribution in [0.3, 0.4) is 0 Å². The summed E-state index contributed by atoms with van der Waals surface area (Å²) in [7, 11) is 1.31. The number of nitrogens with zero attached hydrogens (tertiary/aromatic N) is 2. The first-order chi connectivity index (χ1) is 8.70. The minimum absolute atomic E-state index is 0.188. The molecule has 0 spiro atoms. The molecule has 0 aliphatic rings. The molecule has 18 heavy (non-hydrogen) atoms. The molecule has 0 aliphatic carbocycles. The largest absolute Gasteiger partial charge is 0.464 e. The van der Waals surface area contributed by atoms with Crippen LogP contribution in [-0.4, -0.2) is 23.0 Å². The van der Waals surface area contributed by atoms with E-state index in [0.29, 0.717) is 12.4 Å². The summed E-state index contributed by atoms with van der Waals surface area (Å²) in [6, 6.07) is 1.98. The van der Waals surface area contributed by atoms with Gasteiger partial charge in [-0.15, -0.1) is 11.3 Å². The fourth-order valence-electron chi connectivity index (χ4n) is 1.28. The topological polar surface area (TPSA) is 64.1 Å². The van der Waals surface area contributed by atoms with Crippen LogP contribution in [-0.2, 0) is 11.3 Å². The van der Waals surface area contributed by atoms with Crippen LogP contribution in [0, 0.1) is 0 Å². The summed E-state index contributed by atoms with van der Waals surface area (Å²) in [6.07, 6.45) is 2.94. The second-order valence-corrected chi connectivity index (χ2v) is 5.18. The maximum Gasteiger partial charge on any atom is 0.358 e. The number of esters is 1. The van der Waals surface area contributed by atoms with Crippen LogP contribution >= 0.6 is 27.3 Å². The van der Waals surface area contributed by atoms with Crippen molar-refractivity contribution in [2.24, 2.45) is 0 Å². The van der Waals surface area contributed by atoms with Crippen molar-refractivity contribution in [3.63, 3.8) is 0 Å². The monoisotopic (exact) mass is 327 g/mol. The van der Waals surface area contributed by atoms with Crippen molar-refractivity contribution in [2.75, 3.05) is 12.4 Å². The summed E-state index contributed by atoms with van der Waals surface area (Å²) >= 11 is 5.08. The predicted molar refractivity (Wildman–Crippen MR) is 72.7 cm³/mol. The van der Waals surface area contributed by atoms with Crippen molar-refractivity contribution in [1.82, 2.24) is 9.97 Å². The molecule has 1 N–H and O–H groups in total. The summed E-state index contributed by atoms with van der Waals surface area (Å²) in [5, 5.41) is 5.10. The van der Waals surface area contributed by atoms with Crippen molar-refractivity contribution >= 4 is 39.1 Å². The lowest BCUT2D eigenvalue weighted by atomic mass is 10.4. The van der Waals surface area contributed by atoms with E-state index in [-0.39, 0.29) is 5.69 Å². The SMILES string of the molecule is COC(=O)c1cncc(NCc2sccc2Br)n1. The van der Waals surface area contributed by atoms with Crippen LogP contribution in [0.5, 0.6) is 0 Å². The molecule has 0 unspecified atom stereocenters. The van der Waals surface area contributed by atoms with Gasteiger partial charge in [0.15, 0.2) is 5.69 Å². The smallest absolute Gasteiger partial charge is 0.358 e. The molecule has 0 fully saturated rings. The van der Waals surface area contributed by atoms with E-state index in [2.05, 4.69) is 36.0 Å². The maximum absolute atomic E-state index is 11.3. The normalized spacial score (nSPS) is 10.1. The highest BCUT2D eigenvalue weighted by atomic mass is 79.9. The van der Waals surface area contributed by atoms with Gasteiger partial charge in [-0.1, -0.05) is 0 Å². The number of methoxy groups -OCH3 is 1. The maximum atomic E-state index is 11.3. The van der Waals surface area contributed by atoms with E-state index < -0.39 is 5.97 Å². The van der Waals surface area contributed by atoms with Crippen LogP contribution in [0.2, 0.25) is 0 Å². The zero-order chi connectivity index (χ0) is 13.0. The van der Waals surface area contributed by atoms with Crippen molar-refractivity contribution in [2.45, 2.75) is 6.54 Å². The average molecular weight is 328 g/mol. The Bertz CT molecular complexity index is 559. The first-order valence-electron chi connectivity index (χ1n) is 5.07. The van der Waals surface area contributed by atoms with Gasteiger partial charge in [0.25, 0.3) is 0 Å². The number of carbonyl (C=O) groups is 1. The summed E-state index contributed by atoms with van der Waals surface area (Å²) < 4.78 is 5.64. The van der Waals surface area contributed by atoms with Crippen LogP contribution in [0.4, 0.5) is 5.82 Å². The molecule has 5 nitrogen and oxygen atoms in total. The average Bonchev–Trinajstić information content (AvgIpc) is 2.81.